The molecule has 182 valence electrons. The van der Waals surface area contributed by atoms with Crippen LogP contribution in [0.3, 0.4) is 0 Å². The summed E-state index contributed by atoms with van der Waals surface area (Å²) in [5.41, 5.74) is 2.68. The molecule has 0 saturated heterocycles. The molecular formula is C29H27N3O4. The number of carbonyl (C=O) groups is 2. The molecule has 0 atom stereocenters. The molecule has 0 fully saturated rings. The normalized spacial score (nSPS) is 11.7. The third kappa shape index (κ3) is 4.95. The maximum Gasteiger partial charge on any atom is 0.364 e. The van der Waals surface area contributed by atoms with Gasteiger partial charge in [-0.3, -0.25) is 4.79 Å². The Labute approximate surface area is 210 Å². The van der Waals surface area contributed by atoms with E-state index < -0.39 is 17.3 Å². The lowest BCUT2D eigenvalue weighted by Crippen LogP contribution is -2.36. The number of imidazole rings is 1. The van der Waals surface area contributed by atoms with Gasteiger partial charge in [0.1, 0.15) is 5.54 Å². The fraction of sp³-hybridized carbons (Fsp3) is 0.172. The summed E-state index contributed by atoms with van der Waals surface area (Å²) in [6.45, 7) is 3.00. The zero-order valence-corrected chi connectivity index (χ0v) is 20.2. The number of hydrogen-bond acceptors (Lipinski definition) is 6. The van der Waals surface area contributed by atoms with Crippen LogP contribution in [0.15, 0.2) is 109 Å². The van der Waals surface area contributed by atoms with Gasteiger partial charge in [0, 0.05) is 13.1 Å². The summed E-state index contributed by atoms with van der Waals surface area (Å²) in [6, 6.07) is 30.7. The highest BCUT2D eigenvalue weighted by Crippen LogP contribution is 2.40. The van der Waals surface area contributed by atoms with E-state index in [9.17, 15) is 9.59 Å². The van der Waals surface area contributed by atoms with Crippen molar-refractivity contribution in [2.75, 3.05) is 6.61 Å². The number of nitrogens with zero attached hydrogens (tertiary/aromatic N) is 3. The van der Waals surface area contributed by atoms with Crippen molar-refractivity contribution in [2.24, 2.45) is 5.16 Å². The van der Waals surface area contributed by atoms with Crippen LogP contribution < -0.4 is 0 Å². The Morgan fingerprint density at radius 2 is 1.36 bits per heavy atom. The Balaban J connectivity index is 1.76. The lowest BCUT2D eigenvalue weighted by Gasteiger charge is -2.37. The molecule has 0 saturated carbocycles. The number of carbonyl (C=O) groups excluding carboxylic acids is 2. The first-order valence-corrected chi connectivity index (χ1v) is 11.6. The summed E-state index contributed by atoms with van der Waals surface area (Å²) in [5, 5.41) is 3.73. The molecule has 0 unspecified atom stereocenters. The monoisotopic (exact) mass is 481 g/mol. The van der Waals surface area contributed by atoms with Crippen molar-refractivity contribution in [3.8, 4) is 0 Å². The fourth-order valence-electron chi connectivity index (χ4n) is 4.21. The van der Waals surface area contributed by atoms with Gasteiger partial charge in [0.15, 0.2) is 12.4 Å². The molecule has 0 aliphatic rings. The van der Waals surface area contributed by atoms with Gasteiger partial charge in [-0.25, -0.2) is 9.78 Å². The van der Waals surface area contributed by atoms with Gasteiger partial charge in [-0.05, 0) is 23.6 Å². The molecule has 1 heterocycles. The van der Waals surface area contributed by atoms with E-state index >= 15 is 0 Å². The van der Waals surface area contributed by atoms with Crippen LogP contribution in [0.2, 0.25) is 0 Å². The highest BCUT2D eigenvalue weighted by atomic mass is 16.6. The van der Waals surface area contributed by atoms with Gasteiger partial charge in [-0.15, -0.1) is 0 Å². The van der Waals surface area contributed by atoms with Gasteiger partial charge < -0.3 is 14.1 Å². The summed E-state index contributed by atoms with van der Waals surface area (Å²) >= 11 is 0. The summed E-state index contributed by atoms with van der Waals surface area (Å²) in [5.74, 6) is -1.35. The van der Waals surface area contributed by atoms with Crippen LogP contribution in [-0.4, -0.2) is 33.6 Å². The second-order valence-electron chi connectivity index (χ2n) is 8.07. The number of Topliss-reactive ketones (excluding diaryl/α,β-unsaturated/α-hetero) is 1. The number of ketones is 1. The summed E-state index contributed by atoms with van der Waals surface area (Å²) in [6.07, 6.45) is 3.65. The molecule has 0 radical (unpaired) electrons. The Morgan fingerprint density at radius 1 is 0.861 bits per heavy atom. The maximum atomic E-state index is 12.0. The van der Waals surface area contributed by atoms with Gasteiger partial charge in [-0.1, -0.05) is 96.2 Å². The predicted octanol–water partition coefficient (Wildman–Crippen LogP) is 4.75. The Kier molecular flexibility index (Phi) is 7.70. The highest BCUT2D eigenvalue weighted by Gasteiger charge is 2.38. The van der Waals surface area contributed by atoms with E-state index in [0.29, 0.717) is 5.69 Å². The van der Waals surface area contributed by atoms with E-state index in [1.807, 2.05) is 65.4 Å². The van der Waals surface area contributed by atoms with Gasteiger partial charge in [0.05, 0.1) is 18.6 Å². The smallest absolute Gasteiger partial charge is 0.364 e. The van der Waals surface area contributed by atoms with Crippen molar-refractivity contribution in [2.45, 2.75) is 26.0 Å². The molecule has 1 aromatic heterocycles. The first kappa shape index (κ1) is 24.6. The van der Waals surface area contributed by atoms with Crippen LogP contribution in [0.25, 0.3) is 0 Å². The van der Waals surface area contributed by atoms with Crippen LogP contribution in [0.4, 0.5) is 0 Å². The van der Waals surface area contributed by atoms with Crippen molar-refractivity contribution in [3.05, 3.63) is 126 Å². The van der Waals surface area contributed by atoms with Crippen molar-refractivity contribution in [1.82, 2.24) is 9.55 Å². The lowest BCUT2D eigenvalue weighted by molar-refractivity contribution is -0.136. The average molecular weight is 482 g/mol. The van der Waals surface area contributed by atoms with E-state index in [0.717, 1.165) is 16.7 Å². The van der Waals surface area contributed by atoms with E-state index in [1.165, 1.54) is 6.92 Å². The zero-order valence-electron chi connectivity index (χ0n) is 20.2. The van der Waals surface area contributed by atoms with Gasteiger partial charge in [0.2, 0.25) is 5.71 Å². The first-order chi connectivity index (χ1) is 17.6. The summed E-state index contributed by atoms with van der Waals surface area (Å²) < 4.78 is 6.92. The minimum Gasteiger partial charge on any atom is -0.461 e. The molecule has 0 aliphatic carbocycles. The number of benzene rings is 3. The largest absolute Gasteiger partial charge is 0.461 e. The van der Waals surface area contributed by atoms with Gasteiger partial charge >= 0.3 is 5.97 Å². The highest BCUT2D eigenvalue weighted by molar-refractivity contribution is 6.63. The lowest BCUT2D eigenvalue weighted by atomic mass is 9.77. The second-order valence-corrected chi connectivity index (χ2v) is 8.07. The molecule has 7 heteroatoms. The molecule has 36 heavy (non-hydrogen) atoms. The number of aromatic nitrogens is 2. The Hall–Kier alpha value is -4.52. The molecular weight excluding hydrogens is 454 g/mol. The third-order valence-electron chi connectivity index (χ3n) is 5.77. The third-order valence-corrected chi connectivity index (χ3v) is 5.77. The number of oxime groups is 1. The summed E-state index contributed by atoms with van der Waals surface area (Å²) in [4.78, 5) is 33.6. The molecule has 0 aliphatic heterocycles. The predicted molar refractivity (Wildman–Crippen MR) is 136 cm³/mol. The summed E-state index contributed by atoms with van der Waals surface area (Å²) in [7, 11) is 0. The average Bonchev–Trinajstić information content (AvgIpc) is 3.38. The van der Waals surface area contributed by atoms with Crippen LogP contribution in [0.1, 0.15) is 36.2 Å². The van der Waals surface area contributed by atoms with Gasteiger partial charge in [0.25, 0.3) is 0 Å². The molecule has 4 aromatic rings. The molecule has 7 nitrogen and oxygen atoms in total. The standard InChI is InChI=1S/C29H27N3O4/c1-3-35-28(34)27(22(2)33)31-36-20-26-19-32(21-30-26)29(23-13-7-4-8-14-23,24-15-9-5-10-16-24)25-17-11-6-12-18-25/h4-19,21H,3,20H2,1-2H3/b31-27-. The van der Waals surface area contributed by atoms with Gasteiger partial charge in [-0.2, -0.15) is 0 Å². The van der Waals surface area contributed by atoms with Crippen molar-refractivity contribution in [3.63, 3.8) is 0 Å². The minimum atomic E-state index is -0.813. The van der Waals surface area contributed by atoms with Crippen molar-refractivity contribution < 1.29 is 19.2 Å². The Bertz CT molecular complexity index is 1240. The van der Waals surface area contributed by atoms with E-state index in [1.54, 1.807) is 13.3 Å². The molecule has 0 N–H and O–H groups in total. The first-order valence-electron chi connectivity index (χ1n) is 11.6. The quantitative estimate of drug-likeness (QED) is 0.107. The number of hydrogen-bond donors (Lipinski definition) is 0. The van der Waals surface area contributed by atoms with E-state index in [-0.39, 0.29) is 18.9 Å². The number of esters is 1. The van der Waals surface area contributed by atoms with Crippen LogP contribution in [0.5, 0.6) is 0 Å². The zero-order chi connectivity index (χ0) is 25.4. The topological polar surface area (TPSA) is 82.8 Å². The number of ether oxygens (including phenoxy) is 1. The SMILES string of the molecule is CCOC(=O)/C(=N\OCc1cn(C(c2ccccc2)(c2ccccc2)c2ccccc2)cn1)C(C)=O. The molecule has 3 aromatic carbocycles. The van der Waals surface area contributed by atoms with Crippen LogP contribution >= 0.6 is 0 Å². The molecule has 4 rings (SSSR count). The van der Waals surface area contributed by atoms with Crippen LogP contribution in [0, 0.1) is 0 Å². The van der Waals surface area contributed by atoms with Crippen LogP contribution in [-0.2, 0) is 31.3 Å². The molecule has 0 spiro atoms. The molecule has 0 bridgehead atoms. The van der Waals surface area contributed by atoms with Crippen molar-refractivity contribution >= 4 is 17.5 Å². The van der Waals surface area contributed by atoms with E-state index in [2.05, 4.69) is 46.5 Å². The maximum absolute atomic E-state index is 12.0. The second kappa shape index (κ2) is 11.3. The minimum absolute atomic E-state index is 0.0301. The fourth-order valence-corrected chi connectivity index (χ4v) is 4.21. The molecule has 0 amide bonds. The Morgan fingerprint density at radius 3 is 1.81 bits per heavy atom. The van der Waals surface area contributed by atoms with E-state index in [4.69, 9.17) is 9.57 Å². The van der Waals surface area contributed by atoms with Crippen molar-refractivity contribution in [1.29, 1.82) is 0 Å². The number of rotatable bonds is 10.